The van der Waals surface area contributed by atoms with E-state index < -0.39 is 0 Å². The van der Waals surface area contributed by atoms with Crippen LogP contribution in [0, 0.1) is 0 Å². The normalized spacial score (nSPS) is 26.9. The summed E-state index contributed by atoms with van der Waals surface area (Å²) in [5, 5.41) is 3.52. The van der Waals surface area contributed by atoms with E-state index in [1.807, 2.05) is 6.26 Å². The fraction of sp³-hybridized carbons (Fsp3) is 0.750. The second-order valence-corrected chi connectivity index (χ2v) is 6.93. The molecular weight excluding hydrogens is 252 g/mol. The average molecular weight is 278 g/mol. The number of rotatable bonds is 5. The van der Waals surface area contributed by atoms with Crippen LogP contribution in [0.2, 0.25) is 0 Å². The molecule has 0 aromatic carbocycles. The Morgan fingerprint density at radius 2 is 2.20 bits per heavy atom. The third kappa shape index (κ3) is 3.84. The average Bonchev–Trinajstić information content (AvgIpc) is 3.05. The highest BCUT2D eigenvalue weighted by atomic mass is 16.5. The lowest BCUT2D eigenvalue weighted by atomic mass is 10.1. The zero-order valence-corrected chi connectivity index (χ0v) is 12.8. The molecule has 2 heterocycles. The Morgan fingerprint density at radius 3 is 2.90 bits per heavy atom. The van der Waals surface area contributed by atoms with E-state index in [0.29, 0.717) is 0 Å². The summed E-state index contributed by atoms with van der Waals surface area (Å²) in [7, 11) is 0. The molecule has 2 fully saturated rings. The van der Waals surface area contributed by atoms with Gasteiger partial charge in [-0.15, -0.1) is 0 Å². The first kappa shape index (κ1) is 14.1. The molecule has 1 aromatic heterocycles. The number of morpholine rings is 1. The maximum atomic E-state index is 5.94. The molecule has 3 rings (SSSR count). The second kappa shape index (κ2) is 5.51. The van der Waals surface area contributed by atoms with Gasteiger partial charge in [0.05, 0.1) is 24.5 Å². The van der Waals surface area contributed by atoms with Crippen LogP contribution in [0.25, 0.3) is 0 Å². The molecule has 1 aromatic rings. The molecule has 2 aliphatic rings. The van der Waals surface area contributed by atoms with Crippen molar-refractivity contribution in [2.45, 2.75) is 64.4 Å². The fourth-order valence-corrected chi connectivity index (χ4v) is 3.08. The van der Waals surface area contributed by atoms with Gasteiger partial charge < -0.3 is 14.5 Å². The van der Waals surface area contributed by atoms with Crippen molar-refractivity contribution < 1.29 is 9.15 Å². The monoisotopic (exact) mass is 278 g/mol. The van der Waals surface area contributed by atoms with Crippen molar-refractivity contribution in [3.05, 3.63) is 23.7 Å². The summed E-state index contributed by atoms with van der Waals surface area (Å²) >= 11 is 0. The van der Waals surface area contributed by atoms with Gasteiger partial charge in [-0.1, -0.05) is 0 Å². The zero-order valence-electron chi connectivity index (χ0n) is 12.8. The Labute approximate surface area is 121 Å². The summed E-state index contributed by atoms with van der Waals surface area (Å²) in [6.07, 6.45) is 4.82. The summed E-state index contributed by atoms with van der Waals surface area (Å²) < 4.78 is 11.6. The minimum atomic E-state index is -0.0688. The highest BCUT2D eigenvalue weighted by molar-refractivity contribution is 5.13. The highest BCUT2D eigenvalue weighted by Gasteiger charge is 2.31. The Hall–Kier alpha value is -0.840. The van der Waals surface area contributed by atoms with Gasteiger partial charge in [0.25, 0.3) is 0 Å². The number of hydrogen-bond donors (Lipinski definition) is 1. The third-order valence-electron chi connectivity index (χ3n) is 3.90. The molecule has 1 aliphatic heterocycles. The fourth-order valence-electron chi connectivity index (χ4n) is 3.08. The van der Waals surface area contributed by atoms with Gasteiger partial charge in [0.1, 0.15) is 5.76 Å². The topological polar surface area (TPSA) is 37.6 Å². The molecule has 4 nitrogen and oxygen atoms in total. The van der Waals surface area contributed by atoms with E-state index in [1.54, 1.807) is 0 Å². The summed E-state index contributed by atoms with van der Waals surface area (Å²) in [5.74, 6) is 1.06. The van der Waals surface area contributed by atoms with Crippen LogP contribution in [0.5, 0.6) is 0 Å². The van der Waals surface area contributed by atoms with Crippen molar-refractivity contribution in [1.29, 1.82) is 0 Å². The lowest BCUT2D eigenvalue weighted by Crippen LogP contribution is -2.51. The van der Waals surface area contributed by atoms with E-state index in [4.69, 9.17) is 9.15 Å². The molecule has 0 radical (unpaired) electrons. The largest absolute Gasteiger partial charge is 0.468 e. The van der Waals surface area contributed by atoms with Crippen LogP contribution in [0.15, 0.2) is 16.7 Å². The molecule has 1 saturated heterocycles. The first-order valence-corrected chi connectivity index (χ1v) is 7.70. The van der Waals surface area contributed by atoms with Crippen LogP contribution < -0.4 is 5.32 Å². The smallest absolute Gasteiger partial charge is 0.118 e. The molecule has 0 spiro atoms. The van der Waals surface area contributed by atoms with Gasteiger partial charge in [-0.2, -0.15) is 0 Å². The first-order valence-electron chi connectivity index (χ1n) is 7.70. The van der Waals surface area contributed by atoms with Crippen molar-refractivity contribution in [3.8, 4) is 0 Å². The number of nitrogens with zero attached hydrogens (tertiary/aromatic N) is 1. The third-order valence-corrected chi connectivity index (χ3v) is 3.90. The van der Waals surface area contributed by atoms with Gasteiger partial charge in [-0.25, -0.2) is 0 Å². The van der Waals surface area contributed by atoms with Crippen molar-refractivity contribution in [3.63, 3.8) is 0 Å². The van der Waals surface area contributed by atoms with Crippen molar-refractivity contribution in [2.75, 3.05) is 13.1 Å². The highest BCUT2D eigenvalue weighted by Crippen LogP contribution is 2.23. The van der Waals surface area contributed by atoms with E-state index in [2.05, 4.69) is 37.1 Å². The van der Waals surface area contributed by atoms with E-state index in [1.165, 1.54) is 18.4 Å². The Balaban J connectivity index is 1.53. The minimum absolute atomic E-state index is 0.0688. The first-order chi connectivity index (χ1) is 9.50. The predicted octanol–water partition coefficient (Wildman–Crippen LogP) is 2.53. The van der Waals surface area contributed by atoms with Crippen LogP contribution in [0.1, 0.15) is 44.9 Å². The SMILES string of the molecule is CC1CN(Cc2cc(CNC3CC3)co2)CC(C)(C)O1. The van der Waals surface area contributed by atoms with E-state index in [0.717, 1.165) is 38.0 Å². The summed E-state index contributed by atoms with van der Waals surface area (Å²) in [6.45, 7) is 10.2. The van der Waals surface area contributed by atoms with Crippen LogP contribution in [-0.4, -0.2) is 35.7 Å². The molecule has 4 heteroatoms. The van der Waals surface area contributed by atoms with Crippen LogP contribution in [-0.2, 0) is 17.8 Å². The number of hydrogen-bond acceptors (Lipinski definition) is 4. The molecule has 20 heavy (non-hydrogen) atoms. The second-order valence-electron chi connectivity index (χ2n) is 6.93. The number of nitrogens with one attached hydrogen (secondary N) is 1. The maximum absolute atomic E-state index is 5.94. The standard InChI is InChI=1S/C16H26N2O2/c1-12-8-18(11-16(2,3)20-12)9-15-6-13(10-19-15)7-17-14-4-5-14/h6,10,12,14,17H,4-5,7-9,11H2,1-3H3. The van der Waals surface area contributed by atoms with E-state index >= 15 is 0 Å². The van der Waals surface area contributed by atoms with Crippen LogP contribution in [0.3, 0.4) is 0 Å². The minimum Gasteiger partial charge on any atom is -0.468 e. The Morgan fingerprint density at radius 1 is 1.40 bits per heavy atom. The predicted molar refractivity (Wildman–Crippen MR) is 78.5 cm³/mol. The Bertz CT molecular complexity index is 451. The maximum Gasteiger partial charge on any atom is 0.118 e. The molecular formula is C16H26N2O2. The quantitative estimate of drug-likeness (QED) is 0.898. The lowest BCUT2D eigenvalue weighted by Gasteiger charge is -2.41. The lowest BCUT2D eigenvalue weighted by molar-refractivity contribution is -0.131. The summed E-state index contributed by atoms with van der Waals surface area (Å²) in [5.41, 5.74) is 1.19. The van der Waals surface area contributed by atoms with E-state index in [9.17, 15) is 0 Å². The van der Waals surface area contributed by atoms with Gasteiger partial charge in [-0.3, -0.25) is 4.90 Å². The van der Waals surface area contributed by atoms with Gasteiger partial charge in [0.2, 0.25) is 0 Å². The molecule has 1 atom stereocenters. The van der Waals surface area contributed by atoms with Crippen molar-refractivity contribution in [1.82, 2.24) is 10.2 Å². The number of furan rings is 1. The molecule has 0 amide bonds. The van der Waals surface area contributed by atoms with Gasteiger partial charge in [0.15, 0.2) is 0 Å². The molecule has 1 saturated carbocycles. The Kier molecular flexibility index (Phi) is 3.89. The van der Waals surface area contributed by atoms with Crippen molar-refractivity contribution in [2.24, 2.45) is 0 Å². The summed E-state index contributed by atoms with van der Waals surface area (Å²) in [4.78, 5) is 2.42. The van der Waals surface area contributed by atoms with Crippen molar-refractivity contribution >= 4 is 0 Å². The van der Waals surface area contributed by atoms with Gasteiger partial charge in [0, 0.05) is 31.2 Å². The molecule has 0 bridgehead atoms. The number of ether oxygens (including phenoxy) is 1. The van der Waals surface area contributed by atoms with E-state index in [-0.39, 0.29) is 11.7 Å². The van der Waals surface area contributed by atoms with Gasteiger partial charge >= 0.3 is 0 Å². The molecule has 1 aliphatic carbocycles. The zero-order chi connectivity index (χ0) is 14.2. The molecule has 112 valence electrons. The molecule has 1 unspecified atom stereocenters. The summed E-state index contributed by atoms with van der Waals surface area (Å²) in [6, 6.07) is 2.93. The molecule has 1 N–H and O–H groups in total. The van der Waals surface area contributed by atoms with Gasteiger partial charge in [-0.05, 0) is 39.7 Å². The van der Waals surface area contributed by atoms with Crippen LogP contribution >= 0.6 is 0 Å². The van der Waals surface area contributed by atoms with Crippen LogP contribution in [0.4, 0.5) is 0 Å².